The number of hydrogen-bond acceptors (Lipinski definition) is 7. The van der Waals surface area contributed by atoms with E-state index in [1.807, 2.05) is 0 Å². The van der Waals surface area contributed by atoms with Crippen LogP contribution in [0.2, 0.25) is 0 Å². The summed E-state index contributed by atoms with van der Waals surface area (Å²) in [6, 6.07) is 1.06. The number of amides is 1. The number of methoxy groups -OCH3 is 1. The summed E-state index contributed by atoms with van der Waals surface area (Å²) in [4.78, 5) is 26.0. The number of hydrogen-bond donors (Lipinski definition) is 1. The Morgan fingerprint density at radius 1 is 1.65 bits per heavy atom. The topological polar surface area (TPSA) is 115 Å². The van der Waals surface area contributed by atoms with Crippen LogP contribution in [0, 0.1) is 11.3 Å². The van der Waals surface area contributed by atoms with Crippen molar-refractivity contribution in [2.24, 2.45) is 10.1 Å². The predicted octanol–water partition coefficient (Wildman–Crippen LogP) is -0.127. The van der Waals surface area contributed by atoms with Gasteiger partial charge in [-0.3, -0.25) is 4.99 Å². The maximum Gasteiger partial charge on any atom is 0.431 e. The van der Waals surface area contributed by atoms with Crippen molar-refractivity contribution in [3.8, 4) is 6.07 Å². The van der Waals surface area contributed by atoms with Crippen LogP contribution in [0.25, 0.3) is 0 Å². The van der Waals surface area contributed by atoms with Crippen LogP contribution in [0.5, 0.6) is 0 Å². The Morgan fingerprint density at radius 2 is 2.35 bits per heavy atom. The summed E-state index contributed by atoms with van der Waals surface area (Å²) in [6.45, 7) is 0. The molecule has 2 unspecified atom stereocenters. The predicted molar refractivity (Wildman–Crippen MR) is 57.5 cm³/mol. The smallest absolute Gasteiger partial charge is 0.431 e. The molecule has 0 bridgehead atoms. The van der Waals surface area contributed by atoms with E-state index in [1.165, 1.54) is 7.11 Å². The molecule has 0 fully saturated rings. The number of nitrogens with zero attached hydrogens (tertiary/aromatic N) is 4. The standard InChI is InChI=1S/C8H6N4O4S/c1-16-8(15)12-6-4(3(2-9)11-12)10-5(17-6)7(13)14/h4,6H,1H3,(H,13,14). The largest absolute Gasteiger partial charge is 0.476 e. The molecule has 0 spiro atoms. The van der Waals surface area contributed by atoms with Gasteiger partial charge in [-0.1, -0.05) is 11.8 Å². The number of carboxylic acids is 1. The summed E-state index contributed by atoms with van der Waals surface area (Å²) >= 11 is 0.870. The molecule has 0 saturated heterocycles. The molecular formula is C8H6N4O4S. The molecule has 0 aromatic rings. The lowest BCUT2D eigenvalue weighted by molar-refractivity contribution is -0.129. The zero-order valence-corrected chi connectivity index (χ0v) is 9.34. The van der Waals surface area contributed by atoms with Crippen LogP contribution in [0.4, 0.5) is 4.79 Å². The van der Waals surface area contributed by atoms with Crippen molar-refractivity contribution in [1.29, 1.82) is 5.26 Å². The van der Waals surface area contributed by atoms with E-state index in [1.54, 1.807) is 6.07 Å². The zero-order valence-electron chi connectivity index (χ0n) is 8.52. The third-order valence-electron chi connectivity index (χ3n) is 2.15. The van der Waals surface area contributed by atoms with Gasteiger partial charge in [0, 0.05) is 0 Å². The van der Waals surface area contributed by atoms with Gasteiger partial charge in [-0.05, 0) is 0 Å². The van der Waals surface area contributed by atoms with Crippen LogP contribution in [0.3, 0.4) is 0 Å². The summed E-state index contributed by atoms with van der Waals surface area (Å²) in [5.74, 6) is -1.19. The number of rotatable bonds is 1. The molecule has 2 heterocycles. The Morgan fingerprint density at radius 3 is 2.88 bits per heavy atom. The van der Waals surface area contributed by atoms with E-state index >= 15 is 0 Å². The van der Waals surface area contributed by atoms with E-state index < -0.39 is 23.5 Å². The van der Waals surface area contributed by atoms with Crippen LogP contribution in [0.1, 0.15) is 0 Å². The minimum Gasteiger partial charge on any atom is -0.476 e. The number of hydrazone groups is 1. The van der Waals surface area contributed by atoms with Gasteiger partial charge in [0.05, 0.1) is 7.11 Å². The highest BCUT2D eigenvalue weighted by Gasteiger charge is 2.47. The summed E-state index contributed by atoms with van der Waals surface area (Å²) < 4.78 is 4.49. The monoisotopic (exact) mass is 254 g/mol. The molecular weight excluding hydrogens is 248 g/mol. The average molecular weight is 254 g/mol. The molecule has 2 atom stereocenters. The van der Waals surface area contributed by atoms with Crippen molar-refractivity contribution >= 4 is 34.6 Å². The number of fused-ring (bicyclic) bond motifs is 1. The fourth-order valence-electron chi connectivity index (χ4n) is 1.44. The average Bonchev–Trinajstić information content (AvgIpc) is 2.85. The molecule has 9 heteroatoms. The van der Waals surface area contributed by atoms with Gasteiger partial charge in [0.1, 0.15) is 17.5 Å². The minimum absolute atomic E-state index is 0.00384. The highest BCUT2D eigenvalue weighted by molar-refractivity contribution is 8.16. The number of nitriles is 1. The van der Waals surface area contributed by atoms with Crippen molar-refractivity contribution in [3.05, 3.63) is 0 Å². The van der Waals surface area contributed by atoms with Gasteiger partial charge in [0.25, 0.3) is 0 Å². The van der Waals surface area contributed by atoms with Gasteiger partial charge in [-0.15, -0.1) is 0 Å². The van der Waals surface area contributed by atoms with Gasteiger partial charge in [0.2, 0.25) is 0 Å². The first-order valence-electron chi connectivity index (χ1n) is 4.42. The van der Waals surface area contributed by atoms with Crippen molar-refractivity contribution in [1.82, 2.24) is 5.01 Å². The van der Waals surface area contributed by atoms with Crippen LogP contribution in [-0.4, -0.2) is 51.5 Å². The van der Waals surface area contributed by atoms with Gasteiger partial charge in [-0.2, -0.15) is 15.4 Å². The van der Waals surface area contributed by atoms with Crippen molar-refractivity contribution in [2.45, 2.75) is 11.4 Å². The number of thioether (sulfide) groups is 1. The molecule has 2 aliphatic heterocycles. The van der Waals surface area contributed by atoms with Crippen molar-refractivity contribution in [2.75, 3.05) is 7.11 Å². The van der Waals surface area contributed by atoms with Gasteiger partial charge >= 0.3 is 12.1 Å². The molecule has 2 aliphatic rings. The Kier molecular flexibility index (Phi) is 2.72. The Hall–Kier alpha value is -2.08. The lowest BCUT2D eigenvalue weighted by atomic mass is 10.2. The summed E-state index contributed by atoms with van der Waals surface area (Å²) in [6.07, 6.45) is -0.750. The SMILES string of the molecule is COC(=O)N1N=C(C#N)C2N=C(C(=O)O)SC21. The molecule has 2 rings (SSSR count). The zero-order chi connectivity index (χ0) is 12.6. The molecule has 1 amide bonds. The maximum atomic E-state index is 11.4. The van der Waals surface area contributed by atoms with Crippen LogP contribution in [0.15, 0.2) is 10.1 Å². The number of aliphatic carboxylic acids is 1. The highest BCUT2D eigenvalue weighted by Crippen LogP contribution is 2.35. The van der Waals surface area contributed by atoms with E-state index in [4.69, 9.17) is 10.4 Å². The second kappa shape index (κ2) is 4.06. The van der Waals surface area contributed by atoms with E-state index in [9.17, 15) is 9.59 Å². The molecule has 0 aromatic heterocycles. The van der Waals surface area contributed by atoms with E-state index in [0.717, 1.165) is 16.8 Å². The molecule has 0 radical (unpaired) electrons. The Bertz CT molecular complexity index is 494. The Balaban J connectivity index is 2.31. The molecule has 88 valence electrons. The molecule has 17 heavy (non-hydrogen) atoms. The normalized spacial score (nSPS) is 25.8. The first-order valence-corrected chi connectivity index (χ1v) is 5.30. The molecule has 0 aliphatic carbocycles. The fraction of sp³-hybridized carbons (Fsp3) is 0.375. The molecule has 0 aromatic carbocycles. The van der Waals surface area contributed by atoms with Crippen LogP contribution < -0.4 is 0 Å². The van der Waals surface area contributed by atoms with Gasteiger partial charge in [0.15, 0.2) is 10.8 Å². The first-order chi connectivity index (χ1) is 8.08. The van der Waals surface area contributed by atoms with E-state index in [0.29, 0.717) is 0 Å². The van der Waals surface area contributed by atoms with Crippen LogP contribution in [-0.2, 0) is 9.53 Å². The van der Waals surface area contributed by atoms with Gasteiger partial charge in [-0.25, -0.2) is 9.59 Å². The molecule has 0 saturated carbocycles. The lowest BCUT2D eigenvalue weighted by Gasteiger charge is -2.17. The summed E-state index contributed by atoms with van der Waals surface area (Å²) in [7, 11) is 1.18. The number of carbonyl (C=O) groups is 2. The second-order valence-corrected chi connectivity index (χ2v) is 4.21. The van der Waals surface area contributed by atoms with E-state index in [2.05, 4.69) is 14.8 Å². The number of ether oxygens (including phenoxy) is 1. The number of aliphatic imine (C=N–C) groups is 1. The number of carboxylic acid groups (broad SMARTS) is 1. The molecule has 8 nitrogen and oxygen atoms in total. The first kappa shape index (κ1) is 11.4. The Labute approximate surface area is 99.5 Å². The minimum atomic E-state index is -1.19. The highest BCUT2D eigenvalue weighted by atomic mass is 32.2. The number of carbonyl (C=O) groups excluding carboxylic acids is 1. The summed E-state index contributed by atoms with van der Waals surface area (Å²) in [5.41, 5.74) is 0.00384. The lowest BCUT2D eigenvalue weighted by Crippen LogP contribution is -2.35. The molecule has 1 N–H and O–H groups in total. The quantitative estimate of drug-likeness (QED) is 0.697. The third-order valence-corrected chi connectivity index (χ3v) is 3.36. The van der Waals surface area contributed by atoms with Crippen molar-refractivity contribution in [3.63, 3.8) is 0 Å². The second-order valence-electron chi connectivity index (χ2n) is 3.10. The van der Waals surface area contributed by atoms with Crippen LogP contribution >= 0.6 is 11.8 Å². The fourth-order valence-corrected chi connectivity index (χ4v) is 2.50. The van der Waals surface area contributed by atoms with E-state index in [-0.39, 0.29) is 10.8 Å². The summed E-state index contributed by atoms with van der Waals surface area (Å²) in [5, 5.41) is 21.5. The van der Waals surface area contributed by atoms with Crippen molar-refractivity contribution < 1.29 is 19.4 Å². The third kappa shape index (κ3) is 1.72. The maximum absolute atomic E-state index is 11.4. The van der Waals surface area contributed by atoms with Gasteiger partial charge < -0.3 is 9.84 Å².